The predicted molar refractivity (Wildman–Crippen MR) is 71.5 cm³/mol. The van der Waals surface area contributed by atoms with E-state index in [1.807, 2.05) is 12.1 Å². The van der Waals surface area contributed by atoms with Crippen LogP contribution in [0.3, 0.4) is 0 Å². The predicted octanol–water partition coefficient (Wildman–Crippen LogP) is 0.493. The Kier molecular flexibility index (Phi) is 4.64. The van der Waals surface area contributed by atoms with Crippen LogP contribution in [-0.4, -0.2) is 33.8 Å². The van der Waals surface area contributed by atoms with Gasteiger partial charge in [0.1, 0.15) is 5.75 Å². The van der Waals surface area contributed by atoms with Crippen LogP contribution >= 0.6 is 0 Å². The van der Waals surface area contributed by atoms with Gasteiger partial charge in [-0.2, -0.15) is 9.97 Å². The molecule has 0 amide bonds. The molecule has 0 bridgehead atoms. The summed E-state index contributed by atoms with van der Waals surface area (Å²) in [5.41, 5.74) is 3.32. The van der Waals surface area contributed by atoms with Crippen molar-refractivity contribution in [1.82, 2.24) is 15.0 Å². The van der Waals surface area contributed by atoms with Crippen molar-refractivity contribution in [2.45, 2.75) is 6.42 Å². The van der Waals surface area contributed by atoms with Crippen molar-refractivity contribution < 1.29 is 14.6 Å². The lowest BCUT2D eigenvalue weighted by Crippen LogP contribution is -2.12. The van der Waals surface area contributed by atoms with E-state index in [2.05, 4.69) is 20.4 Å². The van der Waals surface area contributed by atoms with E-state index in [0.717, 1.165) is 5.56 Å². The van der Waals surface area contributed by atoms with Gasteiger partial charge in [-0.05, 0) is 24.1 Å². The summed E-state index contributed by atoms with van der Waals surface area (Å²) in [6.07, 6.45) is 0.598. The number of hydrogen-bond acceptors (Lipinski definition) is 8. The molecular weight excluding hydrogens is 262 g/mol. The van der Waals surface area contributed by atoms with Crippen molar-refractivity contribution in [2.24, 2.45) is 5.84 Å². The molecule has 0 aliphatic rings. The van der Waals surface area contributed by atoms with Gasteiger partial charge in [-0.25, -0.2) is 5.84 Å². The first kappa shape index (κ1) is 14.0. The molecule has 0 unspecified atom stereocenters. The average Bonchev–Trinajstić information content (AvgIpc) is 2.49. The molecule has 0 atom stereocenters. The number of hydrogen-bond donors (Lipinski definition) is 3. The number of methoxy groups -OCH3 is 1. The van der Waals surface area contributed by atoms with Crippen molar-refractivity contribution in [3.63, 3.8) is 0 Å². The van der Waals surface area contributed by atoms with Crippen LogP contribution in [0.25, 0.3) is 0 Å². The summed E-state index contributed by atoms with van der Waals surface area (Å²) in [7, 11) is 1.43. The Morgan fingerprint density at radius 1 is 1.15 bits per heavy atom. The molecule has 20 heavy (non-hydrogen) atoms. The summed E-state index contributed by atoms with van der Waals surface area (Å²) < 4.78 is 10.4. The molecule has 1 heterocycles. The van der Waals surface area contributed by atoms with Gasteiger partial charge in [0.05, 0.1) is 7.11 Å². The highest BCUT2D eigenvalue weighted by Crippen LogP contribution is 2.20. The van der Waals surface area contributed by atoms with E-state index in [1.54, 1.807) is 12.1 Å². The van der Waals surface area contributed by atoms with Gasteiger partial charge in [-0.1, -0.05) is 12.1 Å². The molecule has 0 aliphatic heterocycles. The first-order chi connectivity index (χ1) is 9.75. The van der Waals surface area contributed by atoms with Gasteiger partial charge in [-0.15, -0.1) is 4.98 Å². The molecule has 8 nitrogen and oxygen atoms in total. The van der Waals surface area contributed by atoms with Crippen LogP contribution in [0.2, 0.25) is 0 Å². The van der Waals surface area contributed by atoms with Crippen molar-refractivity contribution >= 4 is 5.95 Å². The minimum Gasteiger partial charge on any atom is -0.467 e. The summed E-state index contributed by atoms with van der Waals surface area (Å²) >= 11 is 0. The molecule has 0 radical (unpaired) electrons. The van der Waals surface area contributed by atoms with Gasteiger partial charge in [0.25, 0.3) is 0 Å². The molecular formula is C12H15N5O3. The fourth-order valence-corrected chi connectivity index (χ4v) is 1.50. The molecule has 0 saturated carbocycles. The molecule has 4 N–H and O–H groups in total. The van der Waals surface area contributed by atoms with Crippen molar-refractivity contribution in [3.8, 4) is 17.8 Å². The highest BCUT2D eigenvalue weighted by molar-refractivity contribution is 5.31. The second-order valence-corrected chi connectivity index (χ2v) is 3.79. The van der Waals surface area contributed by atoms with E-state index in [4.69, 9.17) is 20.4 Å². The van der Waals surface area contributed by atoms with E-state index in [1.165, 1.54) is 7.11 Å². The third-order valence-electron chi connectivity index (χ3n) is 2.44. The number of ether oxygens (including phenoxy) is 2. The number of aliphatic hydroxyl groups excluding tert-OH is 1. The lowest BCUT2D eigenvalue weighted by molar-refractivity contribution is 0.299. The van der Waals surface area contributed by atoms with E-state index < -0.39 is 0 Å². The summed E-state index contributed by atoms with van der Waals surface area (Å²) in [6, 6.07) is 7.39. The molecule has 0 saturated heterocycles. The first-order valence-corrected chi connectivity index (χ1v) is 5.89. The largest absolute Gasteiger partial charge is 0.467 e. The molecule has 0 aliphatic carbocycles. The number of nitrogen functional groups attached to an aromatic ring is 1. The van der Waals surface area contributed by atoms with Gasteiger partial charge < -0.3 is 14.6 Å². The minimum atomic E-state index is 0.0692. The van der Waals surface area contributed by atoms with Crippen LogP contribution in [-0.2, 0) is 6.42 Å². The second kappa shape index (κ2) is 6.64. The standard InChI is InChI=1S/C12H15N5O3/c1-19-11-14-10(17-13)15-12(16-11)20-9-4-2-8(3-5-9)6-7-18/h2-5,18H,6-7,13H2,1H3,(H,14,15,16,17). The van der Waals surface area contributed by atoms with E-state index >= 15 is 0 Å². The Morgan fingerprint density at radius 3 is 2.45 bits per heavy atom. The van der Waals surface area contributed by atoms with E-state index in [9.17, 15) is 0 Å². The van der Waals surface area contributed by atoms with E-state index in [-0.39, 0.29) is 24.6 Å². The normalized spacial score (nSPS) is 10.2. The van der Waals surface area contributed by atoms with Gasteiger partial charge in [-0.3, -0.25) is 5.43 Å². The summed E-state index contributed by atoms with van der Waals surface area (Å²) in [5, 5.41) is 8.85. The maximum absolute atomic E-state index is 8.85. The number of nitrogens with zero attached hydrogens (tertiary/aromatic N) is 3. The molecule has 2 aromatic rings. The molecule has 0 spiro atoms. The number of hydrazine groups is 1. The number of nitrogens with two attached hydrogens (primary N) is 1. The van der Waals surface area contributed by atoms with Crippen LogP contribution in [0.5, 0.6) is 17.8 Å². The third kappa shape index (κ3) is 3.53. The lowest BCUT2D eigenvalue weighted by Gasteiger charge is -2.07. The van der Waals surface area contributed by atoms with Crippen LogP contribution in [0, 0.1) is 0 Å². The fourth-order valence-electron chi connectivity index (χ4n) is 1.50. The number of aliphatic hydroxyl groups is 1. The monoisotopic (exact) mass is 277 g/mol. The Labute approximate surface area is 115 Å². The van der Waals surface area contributed by atoms with Crippen LogP contribution in [0.1, 0.15) is 5.56 Å². The maximum Gasteiger partial charge on any atom is 0.330 e. The summed E-state index contributed by atoms with van der Waals surface area (Å²) in [6.45, 7) is 0.108. The van der Waals surface area contributed by atoms with Gasteiger partial charge in [0.15, 0.2) is 0 Å². The van der Waals surface area contributed by atoms with Crippen LogP contribution in [0.15, 0.2) is 24.3 Å². The second-order valence-electron chi connectivity index (χ2n) is 3.79. The number of anilines is 1. The van der Waals surface area contributed by atoms with Crippen molar-refractivity contribution in [3.05, 3.63) is 29.8 Å². The smallest absolute Gasteiger partial charge is 0.330 e. The van der Waals surface area contributed by atoms with Crippen LogP contribution < -0.4 is 20.7 Å². The molecule has 1 aromatic carbocycles. The molecule has 0 fully saturated rings. The molecule has 1 aromatic heterocycles. The van der Waals surface area contributed by atoms with E-state index in [0.29, 0.717) is 12.2 Å². The Hall–Kier alpha value is -2.45. The fraction of sp³-hybridized carbons (Fsp3) is 0.250. The SMILES string of the molecule is COc1nc(NN)nc(Oc2ccc(CCO)cc2)n1. The molecule has 106 valence electrons. The third-order valence-corrected chi connectivity index (χ3v) is 2.44. The number of benzene rings is 1. The van der Waals surface area contributed by atoms with Gasteiger partial charge in [0.2, 0.25) is 5.95 Å². The first-order valence-electron chi connectivity index (χ1n) is 5.89. The highest BCUT2D eigenvalue weighted by atomic mass is 16.5. The summed E-state index contributed by atoms with van der Waals surface area (Å²) in [4.78, 5) is 11.8. The zero-order valence-corrected chi connectivity index (χ0v) is 10.9. The maximum atomic E-state index is 8.85. The Bertz CT molecular complexity index is 539. The zero-order valence-electron chi connectivity index (χ0n) is 10.9. The topological polar surface area (TPSA) is 115 Å². The number of rotatable bonds is 6. The quantitative estimate of drug-likeness (QED) is 0.516. The van der Waals surface area contributed by atoms with Gasteiger partial charge in [0, 0.05) is 6.61 Å². The Balaban J connectivity index is 2.16. The average molecular weight is 277 g/mol. The van der Waals surface area contributed by atoms with Crippen LogP contribution in [0.4, 0.5) is 5.95 Å². The molecule has 2 rings (SSSR count). The van der Waals surface area contributed by atoms with Gasteiger partial charge >= 0.3 is 12.0 Å². The summed E-state index contributed by atoms with van der Waals surface area (Å²) in [5.74, 6) is 5.95. The number of aromatic nitrogens is 3. The lowest BCUT2D eigenvalue weighted by atomic mass is 10.1. The molecule has 8 heteroatoms. The highest BCUT2D eigenvalue weighted by Gasteiger charge is 2.08. The van der Waals surface area contributed by atoms with Crippen molar-refractivity contribution in [1.29, 1.82) is 0 Å². The number of nitrogens with one attached hydrogen (secondary N) is 1. The minimum absolute atomic E-state index is 0.0692. The Morgan fingerprint density at radius 2 is 1.85 bits per heavy atom. The zero-order chi connectivity index (χ0) is 14.4. The van der Waals surface area contributed by atoms with Crippen molar-refractivity contribution in [2.75, 3.05) is 19.1 Å².